The van der Waals surface area contributed by atoms with E-state index in [0.29, 0.717) is 4.90 Å². The molecular weight excluding hydrogens is 550 g/mol. The molecule has 2 N–H and O–H groups in total. The van der Waals surface area contributed by atoms with Crippen molar-refractivity contribution in [2.45, 2.75) is 200 Å². The largest absolute Gasteiger partial charge is 0.330 e. The molecule has 4 nitrogen and oxygen atoms in total. The van der Waals surface area contributed by atoms with E-state index in [1.807, 2.05) is 19.9 Å². The Bertz CT molecular complexity index is 808. The molecule has 5 heteroatoms. The van der Waals surface area contributed by atoms with Gasteiger partial charge in [-0.05, 0) is 50.4 Å². The Labute approximate surface area is 269 Å². The van der Waals surface area contributed by atoms with Crippen LogP contribution in [0.4, 0.5) is 0 Å². The zero-order chi connectivity index (χ0) is 31.9. The molecule has 0 amide bonds. The number of hydrogen-bond acceptors (Lipinski definition) is 4. The van der Waals surface area contributed by atoms with E-state index in [4.69, 9.17) is 9.92 Å². The summed E-state index contributed by atoms with van der Waals surface area (Å²) < 4.78 is 29.7. The quantitative estimate of drug-likeness (QED) is 0.0712. The highest BCUT2D eigenvalue weighted by Gasteiger charge is 2.18. The van der Waals surface area contributed by atoms with Gasteiger partial charge >= 0.3 is 0 Å². The van der Waals surface area contributed by atoms with Crippen LogP contribution < -0.4 is 5.73 Å². The van der Waals surface area contributed by atoms with E-state index in [9.17, 15) is 8.42 Å². The molecular formula is C38H73NO3S. The average Bonchev–Trinajstić information content (AvgIpc) is 2.99. The highest BCUT2D eigenvalue weighted by atomic mass is 32.2. The Kier molecular flexibility index (Phi) is 30.4. The minimum atomic E-state index is -3.62. The van der Waals surface area contributed by atoms with E-state index in [-0.39, 0.29) is 6.61 Å². The Morgan fingerprint density at radius 2 is 0.884 bits per heavy atom. The van der Waals surface area contributed by atoms with E-state index in [1.54, 1.807) is 12.1 Å². The van der Waals surface area contributed by atoms with Crippen LogP contribution in [-0.4, -0.2) is 21.6 Å². The molecule has 0 spiro atoms. The summed E-state index contributed by atoms with van der Waals surface area (Å²) in [6.45, 7) is 9.42. The van der Waals surface area contributed by atoms with Crippen LogP contribution in [0.1, 0.15) is 192 Å². The molecule has 0 aliphatic heterocycles. The van der Waals surface area contributed by atoms with Crippen molar-refractivity contribution in [2.24, 2.45) is 5.73 Å². The fraction of sp³-hybridized carbons (Fsp3) is 0.842. The summed E-state index contributed by atoms with van der Waals surface area (Å²) in [6.07, 6.45) is 35.1. The molecule has 0 fully saturated rings. The summed E-state index contributed by atoms with van der Waals surface area (Å²) in [5.74, 6) is 0. The lowest BCUT2D eigenvalue weighted by molar-refractivity contribution is 0.306. The third-order valence-electron chi connectivity index (χ3n) is 8.62. The van der Waals surface area contributed by atoms with Crippen LogP contribution in [-0.2, 0) is 14.3 Å². The summed E-state index contributed by atoms with van der Waals surface area (Å²) >= 11 is 0. The maximum Gasteiger partial charge on any atom is 0.297 e. The van der Waals surface area contributed by atoms with Gasteiger partial charge in [-0.2, -0.15) is 8.42 Å². The van der Waals surface area contributed by atoms with Crippen LogP contribution in [0.5, 0.6) is 0 Å². The molecule has 0 atom stereocenters. The van der Waals surface area contributed by atoms with Gasteiger partial charge in [0.1, 0.15) is 0 Å². The smallest absolute Gasteiger partial charge is 0.297 e. The fourth-order valence-electron chi connectivity index (χ4n) is 5.51. The molecule has 0 saturated heterocycles. The lowest BCUT2D eigenvalue weighted by Gasteiger charge is -2.10. The van der Waals surface area contributed by atoms with Crippen molar-refractivity contribution in [3.63, 3.8) is 0 Å². The number of hydrogen-bond donors (Lipinski definition) is 1. The number of rotatable bonds is 29. The summed E-state index contributed by atoms with van der Waals surface area (Å²) in [4.78, 5) is 0.301. The van der Waals surface area contributed by atoms with Crippen molar-refractivity contribution in [3.05, 3.63) is 29.3 Å². The molecule has 0 heterocycles. The number of unbranched alkanes of at least 4 members (excludes halogenated alkanes) is 24. The Hall–Kier alpha value is -0.910. The topological polar surface area (TPSA) is 69.4 Å². The number of benzene rings is 1. The minimum absolute atomic E-state index is 0.284. The standard InChI is InChI=1S/C20H34O3S.C18H39N/c1-4-5-6-7-8-9-10-11-12-13-17-23-24(21,22)20-16-14-15-18(2)19(20)3;1-2-3-4-5-6-7-8-9-10-11-12-13-14-15-16-17-18-19/h14-16H,4-13,17H2,1-3H3;2-19H2,1H3. The van der Waals surface area contributed by atoms with Crippen LogP contribution in [0.25, 0.3) is 0 Å². The first kappa shape index (κ1) is 42.1. The summed E-state index contributed by atoms with van der Waals surface area (Å²) in [6, 6.07) is 5.30. The molecule has 0 aliphatic rings. The van der Waals surface area contributed by atoms with Gasteiger partial charge in [0.2, 0.25) is 0 Å². The maximum atomic E-state index is 12.2. The average molecular weight is 624 g/mol. The predicted octanol–water partition coefficient (Wildman–Crippen LogP) is 12.1. The van der Waals surface area contributed by atoms with Gasteiger partial charge in [0.25, 0.3) is 10.1 Å². The van der Waals surface area contributed by atoms with Crippen molar-refractivity contribution in [1.82, 2.24) is 0 Å². The highest BCUT2D eigenvalue weighted by Crippen LogP contribution is 2.21. The number of nitrogens with two attached hydrogens (primary N) is 1. The lowest BCUT2D eigenvalue weighted by Crippen LogP contribution is -2.09. The van der Waals surface area contributed by atoms with Gasteiger partial charge in [-0.1, -0.05) is 180 Å². The third-order valence-corrected chi connectivity index (χ3v) is 10.1. The monoisotopic (exact) mass is 624 g/mol. The molecule has 0 aliphatic carbocycles. The summed E-state index contributed by atoms with van der Waals surface area (Å²) in [7, 11) is -3.62. The van der Waals surface area contributed by atoms with Gasteiger partial charge in [-0.25, -0.2) is 0 Å². The van der Waals surface area contributed by atoms with Crippen molar-refractivity contribution in [3.8, 4) is 0 Å². The van der Waals surface area contributed by atoms with Gasteiger partial charge < -0.3 is 5.73 Å². The lowest BCUT2D eigenvalue weighted by atomic mass is 10.0. The van der Waals surface area contributed by atoms with E-state index < -0.39 is 10.1 Å². The molecule has 0 unspecified atom stereocenters. The first-order valence-corrected chi connectivity index (χ1v) is 20.0. The van der Waals surface area contributed by atoms with Crippen LogP contribution >= 0.6 is 0 Å². The second-order valence-electron chi connectivity index (χ2n) is 12.7. The van der Waals surface area contributed by atoms with Crippen molar-refractivity contribution in [1.29, 1.82) is 0 Å². The minimum Gasteiger partial charge on any atom is -0.330 e. The first-order chi connectivity index (χ1) is 20.9. The van der Waals surface area contributed by atoms with Gasteiger partial charge in [0.15, 0.2) is 0 Å². The van der Waals surface area contributed by atoms with Gasteiger partial charge in [-0.15, -0.1) is 0 Å². The number of aryl methyl sites for hydroxylation is 1. The van der Waals surface area contributed by atoms with Crippen LogP contribution in [0.3, 0.4) is 0 Å². The molecule has 1 rings (SSSR count). The molecule has 0 aromatic heterocycles. The Morgan fingerprint density at radius 3 is 1.26 bits per heavy atom. The van der Waals surface area contributed by atoms with Gasteiger partial charge in [-0.3, -0.25) is 4.18 Å². The fourth-order valence-corrected chi connectivity index (χ4v) is 6.75. The van der Waals surface area contributed by atoms with Crippen LogP contribution in [0, 0.1) is 13.8 Å². The molecule has 254 valence electrons. The Balaban J connectivity index is 0.000000846. The van der Waals surface area contributed by atoms with E-state index in [0.717, 1.165) is 30.5 Å². The SMILES string of the molecule is CCCCCCCCCCCCCCCCCCN.CCCCCCCCCCCCOS(=O)(=O)c1cccc(C)c1C. The van der Waals surface area contributed by atoms with E-state index in [1.165, 1.54) is 154 Å². The van der Waals surface area contributed by atoms with Crippen molar-refractivity contribution < 1.29 is 12.6 Å². The molecule has 0 saturated carbocycles. The third kappa shape index (κ3) is 26.1. The van der Waals surface area contributed by atoms with Crippen molar-refractivity contribution in [2.75, 3.05) is 13.2 Å². The summed E-state index contributed by atoms with van der Waals surface area (Å²) in [5, 5.41) is 0. The molecule has 43 heavy (non-hydrogen) atoms. The normalized spacial score (nSPS) is 11.5. The summed E-state index contributed by atoms with van der Waals surface area (Å²) in [5.41, 5.74) is 7.23. The molecule has 0 bridgehead atoms. The zero-order valence-electron chi connectivity index (χ0n) is 29.2. The predicted molar refractivity (Wildman–Crippen MR) is 189 cm³/mol. The Morgan fingerprint density at radius 1 is 0.535 bits per heavy atom. The second-order valence-corrected chi connectivity index (χ2v) is 14.3. The van der Waals surface area contributed by atoms with E-state index >= 15 is 0 Å². The highest BCUT2D eigenvalue weighted by molar-refractivity contribution is 7.86. The van der Waals surface area contributed by atoms with Crippen LogP contribution in [0.15, 0.2) is 23.1 Å². The first-order valence-electron chi connectivity index (χ1n) is 18.6. The molecule has 1 aromatic carbocycles. The molecule has 1 aromatic rings. The van der Waals surface area contributed by atoms with Gasteiger partial charge in [0, 0.05) is 0 Å². The van der Waals surface area contributed by atoms with Crippen molar-refractivity contribution >= 4 is 10.1 Å². The van der Waals surface area contributed by atoms with E-state index in [2.05, 4.69) is 13.8 Å². The molecule has 0 radical (unpaired) electrons. The second kappa shape index (κ2) is 31.1. The zero-order valence-corrected chi connectivity index (χ0v) is 30.1. The van der Waals surface area contributed by atoms with Crippen LogP contribution in [0.2, 0.25) is 0 Å². The maximum absolute atomic E-state index is 12.2. The van der Waals surface area contributed by atoms with Gasteiger partial charge in [0.05, 0.1) is 11.5 Å².